The summed E-state index contributed by atoms with van der Waals surface area (Å²) in [6.45, 7) is 2.81. The van der Waals surface area contributed by atoms with Gasteiger partial charge in [-0.1, -0.05) is 0 Å². The third-order valence-corrected chi connectivity index (χ3v) is 1.80. The lowest BCUT2D eigenvalue weighted by molar-refractivity contribution is 0.701. The SMILES string of the molecule is CC(CCN)Nc1nccn1C. The van der Waals surface area contributed by atoms with E-state index in [-0.39, 0.29) is 0 Å². The van der Waals surface area contributed by atoms with E-state index < -0.39 is 0 Å². The van der Waals surface area contributed by atoms with Gasteiger partial charge in [0.1, 0.15) is 0 Å². The van der Waals surface area contributed by atoms with E-state index in [1.807, 2.05) is 17.8 Å². The van der Waals surface area contributed by atoms with Crippen molar-refractivity contribution in [1.29, 1.82) is 0 Å². The summed E-state index contributed by atoms with van der Waals surface area (Å²) < 4.78 is 1.95. The van der Waals surface area contributed by atoms with Gasteiger partial charge in [0.2, 0.25) is 5.95 Å². The number of hydrogen-bond acceptors (Lipinski definition) is 3. The van der Waals surface area contributed by atoms with E-state index in [0.717, 1.165) is 12.4 Å². The minimum atomic E-state index is 0.385. The van der Waals surface area contributed by atoms with Crippen molar-refractivity contribution < 1.29 is 0 Å². The van der Waals surface area contributed by atoms with Crippen LogP contribution in [0.4, 0.5) is 5.95 Å². The van der Waals surface area contributed by atoms with Gasteiger partial charge in [-0.2, -0.15) is 0 Å². The maximum absolute atomic E-state index is 5.43. The van der Waals surface area contributed by atoms with Gasteiger partial charge in [0.05, 0.1) is 0 Å². The van der Waals surface area contributed by atoms with E-state index in [0.29, 0.717) is 12.6 Å². The number of anilines is 1. The molecule has 0 bridgehead atoms. The smallest absolute Gasteiger partial charge is 0.202 e. The summed E-state index contributed by atoms with van der Waals surface area (Å²) in [5.74, 6) is 0.899. The standard InChI is InChI=1S/C8H16N4/c1-7(3-4-9)11-8-10-5-6-12(8)2/h5-7H,3-4,9H2,1-2H3,(H,10,11). The molecule has 0 amide bonds. The molecule has 1 atom stereocenters. The zero-order valence-corrected chi connectivity index (χ0v) is 7.62. The van der Waals surface area contributed by atoms with E-state index in [1.54, 1.807) is 6.20 Å². The first kappa shape index (κ1) is 9.06. The van der Waals surface area contributed by atoms with Crippen LogP contribution >= 0.6 is 0 Å². The van der Waals surface area contributed by atoms with Crippen LogP contribution in [0.5, 0.6) is 0 Å². The number of nitrogens with zero attached hydrogens (tertiary/aromatic N) is 2. The normalized spacial score (nSPS) is 12.9. The molecule has 12 heavy (non-hydrogen) atoms. The van der Waals surface area contributed by atoms with Crippen molar-refractivity contribution in [2.24, 2.45) is 12.8 Å². The summed E-state index contributed by atoms with van der Waals surface area (Å²) >= 11 is 0. The van der Waals surface area contributed by atoms with E-state index in [4.69, 9.17) is 5.73 Å². The number of aromatic nitrogens is 2. The first-order chi connectivity index (χ1) is 5.74. The zero-order valence-electron chi connectivity index (χ0n) is 7.62. The highest BCUT2D eigenvalue weighted by Gasteiger charge is 2.02. The van der Waals surface area contributed by atoms with Crippen LogP contribution in [-0.4, -0.2) is 22.1 Å². The maximum Gasteiger partial charge on any atom is 0.202 e. The topological polar surface area (TPSA) is 55.9 Å². The summed E-state index contributed by atoms with van der Waals surface area (Å²) in [5, 5.41) is 3.26. The van der Waals surface area contributed by atoms with Crippen LogP contribution in [0, 0.1) is 0 Å². The second kappa shape index (κ2) is 4.11. The fraction of sp³-hybridized carbons (Fsp3) is 0.625. The predicted molar refractivity (Wildman–Crippen MR) is 50.0 cm³/mol. The second-order valence-electron chi connectivity index (χ2n) is 2.98. The quantitative estimate of drug-likeness (QED) is 0.691. The molecule has 1 unspecified atom stereocenters. The molecule has 68 valence electrons. The van der Waals surface area contributed by atoms with Crippen molar-refractivity contribution in [3.8, 4) is 0 Å². The van der Waals surface area contributed by atoms with Crippen LogP contribution in [0.1, 0.15) is 13.3 Å². The van der Waals surface area contributed by atoms with Crippen molar-refractivity contribution in [3.63, 3.8) is 0 Å². The molecule has 0 radical (unpaired) electrons. The lowest BCUT2D eigenvalue weighted by atomic mass is 10.2. The van der Waals surface area contributed by atoms with E-state index in [2.05, 4.69) is 17.2 Å². The Morgan fingerprint density at radius 2 is 2.50 bits per heavy atom. The summed E-state index contributed by atoms with van der Waals surface area (Å²) in [6, 6.07) is 0.385. The molecule has 0 aromatic carbocycles. The highest BCUT2D eigenvalue weighted by Crippen LogP contribution is 2.04. The molecule has 1 aromatic heterocycles. The lowest BCUT2D eigenvalue weighted by Crippen LogP contribution is -2.21. The first-order valence-corrected chi connectivity index (χ1v) is 4.18. The Kier molecular flexibility index (Phi) is 3.10. The largest absolute Gasteiger partial charge is 0.353 e. The molecule has 1 rings (SSSR count). The number of aryl methyl sites for hydroxylation is 1. The molecule has 0 fully saturated rings. The molecule has 3 N–H and O–H groups in total. The van der Waals surface area contributed by atoms with Crippen LogP contribution in [0.25, 0.3) is 0 Å². The third kappa shape index (κ3) is 2.23. The summed E-state index contributed by atoms with van der Waals surface area (Å²) in [4.78, 5) is 4.15. The van der Waals surface area contributed by atoms with Crippen molar-refractivity contribution in [1.82, 2.24) is 9.55 Å². The average Bonchev–Trinajstić information content (AvgIpc) is 2.37. The highest BCUT2D eigenvalue weighted by atomic mass is 15.2. The number of imidazole rings is 1. The van der Waals surface area contributed by atoms with E-state index >= 15 is 0 Å². The van der Waals surface area contributed by atoms with Gasteiger partial charge in [-0.05, 0) is 19.9 Å². The lowest BCUT2D eigenvalue weighted by Gasteiger charge is -2.12. The van der Waals surface area contributed by atoms with Gasteiger partial charge in [0, 0.05) is 25.5 Å². The minimum Gasteiger partial charge on any atom is -0.353 e. The van der Waals surface area contributed by atoms with Crippen LogP contribution in [0.2, 0.25) is 0 Å². The Hall–Kier alpha value is -1.03. The monoisotopic (exact) mass is 168 g/mol. The summed E-state index contributed by atoms with van der Waals surface area (Å²) in [5.41, 5.74) is 5.43. The molecule has 0 aliphatic heterocycles. The van der Waals surface area contributed by atoms with Gasteiger partial charge >= 0.3 is 0 Å². The zero-order chi connectivity index (χ0) is 8.97. The van der Waals surface area contributed by atoms with E-state index in [9.17, 15) is 0 Å². The van der Waals surface area contributed by atoms with E-state index in [1.165, 1.54) is 0 Å². The number of rotatable bonds is 4. The van der Waals surface area contributed by atoms with Crippen molar-refractivity contribution >= 4 is 5.95 Å². The molecular formula is C8H16N4. The predicted octanol–water partition coefficient (Wildman–Crippen LogP) is 0.569. The van der Waals surface area contributed by atoms with Crippen LogP contribution in [-0.2, 0) is 7.05 Å². The summed E-state index contributed by atoms with van der Waals surface area (Å²) in [7, 11) is 1.96. The molecule has 4 nitrogen and oxygen atoms in total. The van der Waals surface area contributed by atoms with Crippen LogP contribution in [0.3, 0.4) is 0 Å². The van der Waals surface area contributed by atoms with Gasteiger partial charge in [-0.3, -0.25) is 0 Å². The molecule has 1 heterocycles. The van der Waals surface area contributed by atoms with Crippen molar-refractivity contribution in [3.05, 3.63) is 12.4 Å². The second-order valence-corrected chi connectivity index (χ2v) is 2.98. The highest BCUT2D eigenvalue weighted by molar-refractivity contribution is 5.26. The average molecular weight is 168 g/mol. The molecule has 4 heteroatoms. The fourth-order valence-electron chi connectivity index (χ4n) is 1.05. The minimum absolute atomic E-state index is 0.385. The fourth-order valence-corrected chi connectivity index (χ4v) is 1.05. The third-order valence-electron chi connectivity index (χ3n) is 1.80. The van der Waals surface area contributed by atoms with Gasteiger partial charge in [0.15, 0.2) is 0 Å². The Labute approximate surface area is 72.8 Å². The Bertz CT molecular complexity index is 231. The van der Waals surface area contributed by atoms with Crippen LogP contribution in [0.15, 0.2) is 12.4 Å². The number of nitrogens with two attached hydrogens (primary N) is 1. The molecule has 0 saturated heterocycles. The molecule has 0 saturated carbocycles. The van der Waals surface area contributed by atoms with Gasteiger partial charge in [-0.25, -0.2) is 4.98 Å². The number of nitrogens with one attached hydrogen (secondary N) is 1. The molecular weight excluding hydrogens is 152 g/mol. The molecule has 0 spiro atoms. The Morgan fingerprint density at radius 1 is 1.75 bits per heavy atom. The van der Waals surface area contributed by atoms with Gasteiger partial charge in [-0.15, -0.1) is 0 Å². The Morgan fingerprint density at radius 3 is 3.00 bits per heavy atom. The van der Waals surface area contributed by atoms with Gasteiger partial charge < -0.3 is 15.6 Å². The molecule has 1 aromatic rings. The molecule has 0 aliphatic carbocycles. The first-order valence-electron chi connectivity index (χ1n) is 4.18. The summed E-state index contributed by atoms with van der Waals surface area (Å²) in [6.07, 6.45) is 4.65. The number of hydrogen-bond donors (Lipinski definition) is 2. The van der Waals surface area contributed by atoms with Crippen molar-refractivity contribution in [2.75, 3.05) is 11.9 Å². The van der Waals surface area contributed by atoms with Crippen LogP contribution < -0.4 is 11.1 Å². The maximum atomic E-state index is 5.43. The molecule has 0 aliphatic rings. The van der Waals surface area contributed by atoms with Gasteiger partial charge in [0.25, 0.3) is 0 Å². The van der Waals surface area contributed by atoms with Crippen molar-refractivity contribution in [2.45, 2.75) is 19.4 Å². The Balaban J connectivity index is 2.46.